The lowest BCUT2D eigenvalue weighted by atomic mass is 10.1. The summed E-state index contributed by atoms with van der Waals surface area (Å²) in [5.74, 6) is -0.0412. The molecule has 2 N–H and O–H groups in total. The Morgan fingerprint density at radius 1 is 1.24 bits per heavy atom. The van der Waals surface area contributed by atoms with Crippen LogP contribution in [0.3, 0.4) is 0 Å². The summed E-state index contributed by atoms with van der Waals surface area (Å²) in [6.07, 6.45) is 3.86. The largest absolute Gasteiger partial charge is 0.385 e. The van der Waals surface area contributed by atoms with Gasteiger partial charge in [0.2, 0.25) is 11.8 Å². The summed E-state index contributed by atoms with van der Waals surface area (Å²) in [6.45, 7) is 3.79. The van der Waals surface area contributed by atoms with Crippen molar-refractivity contribution in [2.45, 2.75) is 26.2 Å². The number of nitrogens with zero attached hydrogens (tertiary/aromatic N) is 1. The van der Waals surface area contributed by atoms with Crippen LogP contribution < -0.4 is 5.32 Å². The highest BCUT2D eigenvalue weighted by Gasteiger charge is 2.11. The quantitative estimate of drug-likeness (QED) is 0.648. The number of fused-ring (bicyclic) bond motifs is 1. The molecule has 0 radical (unpaired) electrons. The van der Waals surface area contributed by atoms with Crippen LogP contribution in [0.25, 0.3) is 10.9 Å². The van der Waals surface area contributed by atoms with E-state index in [1.54, 1.807) is 12.0 Å². The van der Waals surface area contributed by atoms with Gasteiger partial charge < -0.3 is 19.9 Å². The number of para-hydroxylation sites is 1. The molecule has 0 saturated heterocycles. The first kappa shape index (κ1) is 19.0. The van der Waals surface area contributed by atoms with E-state index in [1.165, 1.54) is 17.9 Å². The molecule has 25 heavy (non-hydrogen) atoms. The van der Waals surface area contributed by atoms with E-state index in [4.69, 9.17) is 4.74 Å². The highest BCUT2D eigenvalue weighted by molar-refractivity contribution is 5.83. The number of nitrogens with one attached hydrogen (secondary N) is 2. The summed E-state index contributed by atoms with van der Waals surface area (Å²) >= 11 is 0. The van der Waals surface area contributed by atoms with Gasteiger partial charge in [-0.1, -0.05) is 18.2 Å². The van der Waals surface area contributed by atoms with Crippen LogP contribution in [0.5, 0.6) is 0 Å². The van der Waals surface area contributed by atoms with Crippen LogP contribution in [-0.4, -0.2) is 55.0 Å². The molecule has 1 aromatic carbocycles. The second-order valence-corrected chi connectivity index (χ2v) is 6.06. The smallest absolute Gasteiger partial charge is 0.221 e. The zero-order valence-corrected chi connectivity index (χ0v) is 15.0. The Hall–Kier alpha value is -2.34. The van der Waals surface area contributed by atoms with Crippen molar-refractivity contribution in [2.75, 3.05) is 33.4 Å². The fourth-order valence-corrected chi connectivity index (χ4v) is 2.83. The number of methoxy groups -OCH3 is 1. The van der Waals surface area contributed by atoms with Gasteiger partial charge in [-0.3, -0.25) is 9.59 Å². The molecular weight excluding hydrogens is 318 g/mol. The molecule has 2 amide bonds. The van der Waals surface area contributed by atoms with Gasteiger partial charge in [0.25, 0.3) is 0 Å². The number of H-pyrrole nitrogens is 1. The van der Waals surface area contributed by atoms with E-state index in [0.717, 1.165) is 18.4 Å². The van der Waals surface area contributed by atoms with Crippen molar-refractivity contribution < 1.29 is 14.3 Å². The number of carbonyl (C=O) groups is 2. The lowest BCUT2D eigenvalue weighted by molar-refractivity contribution is -0.129. The predicted molar refractivity (Wildman–Crippen MR) is 98.4 cm³/mol. The third-order valence-electron chi connectivity index (χ3n) is 4.22. The first-order valence-electron chi connectivity index (χ1n) is 8.68. The normalized spacial score (nSPS) is 10.8. The topological polar surface area (TPSA) is 74.4 Å². The van der Waals surface area contributed by atoms with Crippen LogP contribution in [0.15, 0.2) is 30.5 Å². The molecule has 1 aromatic heterocycles. The highest BCUT2D eigenvalue weighted by Crippen LogP contribution is 2.17. The van der Waals surface area contributed by atoms with E-state index in [2.05, 4.69) is 16.4 Å². The van der Waals surface area contributed by atoms with Crippen molar-refractivity contribution in [1.29, 1.82) is 0 Å². The van der Waals surface area contributed by atoms with Crippen LogP contribution in [0.2, 0.25) is 0 Å². The molecule has 0 saturated carbocycles. The third kappa shape index (κ3) is 5.90. The van der Waals surface area contributed by atoms with Gasteiger partial charge in [-0.15, -0.1) is 0 Å². The molecule has 6 nitrogen and oxygen atoms in total. The molecule has 0 fully saturated rings. The third-order valence-corrected chi connectivity index (χ3v) is 4.22. The number of amides is 2. The van der Waals surface area contributed by atoms with E-state index in [0.29, 0.717) is 32.7 Å². The van der Waals surface area contributed by atoms with Crippen molar-refractivity contribution in [2.24, 2.45) is 0 Å². The Morgan fingerprint density at radius 2 is 2.04 bits per heavy atom. The molecule has 0 bridgehead atoms. The second-order valence-electron chi connectivity index (χ2n) is 6.06. The van der Waals surface area contributed by atoms with Gasteiger partial charge in [0, 0.05) is 63.8 Å². The van der Waals surface area contributed by atoms with Crippen LogP contribution >= 0.6 is 0 Å². The number of hydrogen-bond acceptors (Lipinski definition) is 3. The van der Waals surface area contributed by atoms with Crippen molar-refractivity contribution in [3.05, 3.63) is 36.0 Å². The maximum atomic E-state index is 12.0. The van der Waals surface area contributed by atoms with Crippen LogP contribution in [0, 0.1) is 0 Å². The molecule has 0 unspecified atom stereocenters. The Balaban J connectivity index is 1.72. The summed E-state index contributed by atoms with van der Waals surface area (Å²) in [6, 6.07) is 8.13. The lowest BCUT2D eigenvalue weighted by Gasteiger charge is -2.20. The van der Waals surface area contributed by atoms with Gasteiger partial charge in [-0.25, -0.2) is 0 Å². The number of carbonyl (C=O) groups excluding carboxylic acids is 2. The van der Waals surface area contributed by atoms with Crippen molar-refractivity contribution >= 4 is 22.7 Å². The fourth-order valence-electron chi connectivity index (χ4n) is 2.83. The predicted octanol–water partition coefficient (Wildman–Crippen LogP) is 2.10. The second kappa shape index (κ2) is 9.84. The average Bonchev–Trinajstić information content (AvgIpc) is 3.01. The van der Waals surface area contributed by atoms with Gasteiger partial charge in [-0.05, 0) is 24.5 Å². The average molecular weight is 345 g/mol. The van der Waals surface area contributed by atoms with Gasteiger partial charge in [0.05, 0.1) is 0 Å². The first-order valence-corrected chi connectivity index (χ1v) is 8.68. The molecule has 136 valence electrons. The van der Waals surface area contributed by atoms with Crippen molar-refractivity contribution in [1.82, 2.24) is 15.2 Å². The maximum Gasteiger partial charge on any atom is 0.221 e. The van der Waals surface area contributed by atoms with Gasteiger partial charge in [0.1, 0.15) is 0 Å². The van der Waals surface area contributed by atoms with E-state index < -0.39 is 0 Å². The molecule has 0 spiro atoms. The molecular formula is C19H27N3O3. The zero-order chi connectivity index (χ0) is 18.1. The Morgan fingerprint density at radius 3 is 2.80 bits per heavy atom. The summed E-state index contributed by atoms with van der Waals surface area (Å²) in [5.41, 5.74) is 2.30. The minimum atomic E-state index is -0.0298. The number of aromatic amines is 1. The summed E-state index contributed by atoms with van der Waals surface area (Å²) in [5, 5.41) is 4.12. The number of hydrogen-bond donors (Lipinski definition) is 2. The van der Waals surface area contributed by atoms with Gasteiger partial charge in [-0.2, -0.15) is 0 Å². The molecule has 1 heterocycles. The van der Waals surface area contributed by atoms with E-state index in [1.807, 2.05) is 24.4 Å². The molecule has 0 aliphatic carbocycles. The minimum Gasteiger partial charge on any atom is -0.385 e. The standard InChI is InChI=1S/C19H27N3O3/c1-15(23)22(11-5-13-25-2)12-9-19(24)20-10-8-16-14-21-18-7-4-3-6-17(16)18/h3-4,6-7,14,21H,5,8-13H2,1-2H3,(H,20,24). The lowest BCUT2D eigenvalue weighted by Crippen LogP contribution is -2.35. The Labute approximate surface area is 148 Å². The minimum absolute atomic E-state index is 0.0114. The van der Waals surface area contributed by atoms with Gasteiger partial charge in [0.15, 0.2) is 0 Å². The Kier molecular flexibility index (Phi) is 7.47. The van der Waals surface area contributed by atoms with E-state index in [-0.39, 0.29) is 11.8 Å². The summed E-state index contributed by atoms with van der Waals surface area (Å²) in [4.78, 5) is 28.5. The monoisotopic (exact) mass is 345 g/mol. The molecule has 0 aliphatic heterocycles. The number of benzene rings is 1. The van der Waals surface area contributed by atoms with Crippen LogP contribution in [0.1, 0.15) is 25.3 Å². The summed E-state index contributed by atoms with van der Waals surface area (Å²) < 4.78 is 5.00. The number of aromatic nitrogens is 1. The molecule has 2 aromatic rings. The zero-order valence-electron chi connectivity index (χ0n) is 15.0. The first-order chi connectivity index (χ1) is 12.1. The van der Waals surface area contributed by atoms with Crippen molar-refractivity contribution in [3.8, 4) is 0 Å². The van der Waals surface area contributed by atoms with Crippen molar-refractivity contribution in [3.63, 3.8) is 0 Å². The van der Waals surface area contributed by atoms with Gasteiger partial charge >= 0.3 is 0 Å². The van der Waals surface area contributed by atoms with Crippen LogP contribution in [0.4, 0.5) is 0 Å². The molecule has 6 heteroatoms. The SMILES string of the molecule is COCCCN(CCC(=O)NCCc1c[nH]c2ccccc12)C(C)=O. The highest BCUT2D eigenvalue weighted by atomic mass is 16.5. The fraction of sp³-hybridized carbons (Fsp3) is 0.474. The van der Waals surface area contributed by atoms with E-state index >= 15 is 0 Å². The number of ether oxygens (including phenoxy) is 1. The molecule has 0 atom stereocenters. The molecule has 2 rings (SSSR count). The number of rotatable bonds is 10. The maximum absolute atomic E-state index is 12.0. The summed E-state index contributed by atoms with van der Waals surface area (Å²) in [7, 11) is 1.64. The Bertz CT molecular complexity index is 696. The van der Waals surface area contributed by atoms with Crippen LogP contribution in [-0.2, 0) is 20.7 Å². The molecule has 0 aliphatic rings. The van der Waals surface area contributed by atoms with E-state index in [9.17, 15) is 9.59 Å².